The summed E-state index contributed by atoms with van der Waals surface area (Å²) >= 11 is 0. The molecule has 18 heavy (non-hydrogen) atoms. The van der Waals surface area contributed by atoms with Crippen molar-refractivity contribution in [1.82, 2.24) is 5.32 Å². The van der Waals surface area contributed by atoms with Gasteiger partial charge in [0, 0.05) is 19.6 Å². The van der Waals surface area contributed by atoms with E-state index in [0.717, 1.165) is 12.8 Å². The van der Waals surface area contributed by atoms with Crippen LogP contribution in [0.4, 0.5) is 0 Å². The molecule has 2 atom stereocenters. The molecule has 4 heteroatoms. The largest absolute Gasteiger partial charge is 0.396 e. The molecule has 0 aliphatic heterocycles. The third kappa shape index (κ3) is 7.67. The molecule has 0 radical (unpaired) electrons. The minimum atomic E-state index is 0.0709. The van der Waals surface area contributed by atoms with Crippen molar-refractivity contribution < 1.29 is 9.90 Å². The summed E-state index contributed by atoms with van der Waals surface area (Å²) in [5, 5.41) is 11.7. The Balaban J connectivity index is 4.00. The lowest BCUT2D eigenvalue weighted by atomic mass is 9.76. The highest BCUT2D eigenvalue weighted by atomic mass is 16.3. The molecule has 2 unspecified atom stereocenters. The number of hydrogen-bond acceptors (Lipinski definition) is 3. The molecule has 0 aromatic carbocycles. The first kappa shape index (κ1) is 17.4. The lowest BCUT2D eigenvalue weighted by molar-refractivity contribution is -0.121. The maximum absolute atomic E-state index is 11.7. The lowest BCUT2D eigenvalue weighted by Crippen LogP contribution is -2.31. The predicted octanol–water partition coefficient (Wildman–Crippen LogP) is 1.52. The topological polar surface area (TPSA) is 75.3 Å². The third-order valence-corrected chi connectivity index (χ3v) is 3.42. The van der Waals surface area contributed by atoms with Crippen molar-refractivity contribution in [2.24, 2.45) is 23.0 Å². The van der Waals surface area contributed by atoms with Crippen molar-refractivity contribution in [3.05, 3.63) is 0 Å². The van der Waals surface area contributed by atoms with Crippen LogP contribution < -0.4 is 11.1 Å². The summed E-state index contributed by atoms with van der Waals surface area (Å²) < 4.78 is 0. The normalized spacial score (nSPS) is 15.2. The zero-order valence-corrected chi connectivity index (χ0v) is 12.3. The first-order valence-electron chi connectivity index (χ1n) is 6.88. The Morgan fingerprint density at radius 2 is 1.94 bits per heavy atom. The molecular formula is C14H30N2O2. The molecule has 0 aliphatic rings. The number of amides is 1. The van der Waals surface area contributed by atoms with Gasteiger partial charge in [-0.05, 0) is 36.6 Å². The van der Waals surface area contributed by atoms with Gasteiger partial charge in [-0.2, -0.15) is 0 Å². The number of nitrogens with two attached hydrogens (primary N) is 1. The van der Waals surface area contributed by atoms with E-state index in [4.69, 9.17) is 10.8 Å². The molecule has 0 saturated heterocycles. The second-order valence-corrected chi connectivity index (χ2v) is 6.27. The maximum atomic E-state index is 11.7. The quantitative estimate of drug-likeness (QED) is 0.618. The van der Waals surface area contributed by atoms with Crippen molar-refractivity contribution in [1.29, 1.82) is 0 Å². The average molecular weight is 258 g/mol. The van der Waals surface area contributed by atoms with Crippen molar-refractivity contribution in [2.75, 3.05) is 19.7 Å². The monoisotopic (exact) mass is 258 g/mol. The minimum absolute atomic E-state index is 0.0709. The molecule has 0 rings (SSSR count). The number of nitrogens with one attached hydrogen (secondary N) is 1. The van der Waals surface area contributed by atoms with Gasteiger partial charge in [0.25, 0.3) is 0 Å². The molecular weight excluding hydrogens is 228 g/mol. The van der Waals surface area contributed by atoms with E-state index in [1.807, 2.05) is 6.92 Å². The SMILES string of the molecule is CC(CO)CNC(=O)CCC(CCN)C(C)(C)C. The highest BCUT2D eigenvalue weighted by Gasteiger charge is 2.24. The molecule has 4 nitrogen and oxygen atoms in total. The highest BCUT2D eigenvalue weighted by Crippen LogP contribution is 2.31. The van der Waals surface area contributed by atoms with Crippen LogP contribution in [0.25, 0.3) is 0 Å². The first-order valence-corrected chi connectivity index (χ1v) is 6.88. The lowest BCUT2D eigenvalue weighted by Gasteiger charge is -2.30. The fraction of sp³-hybridized carbons (Fsp3) is 0.929. The van der Waals surface area contributed by atoms with Crippen LogP contribution in [0, 0.1) is 17.3 Å². The van der Waals surface area contributed by atoms with E-state index in [1.54, 1.807) is 0 Å². The third-order valence-electron chi connectivity index (χ3n) is 3.42. The Morgan fingerprint density at radius 1 is 1.33 bits per heavy atom. The van der Waals surface area contributed by atoms with Crippen molar-refractivity contribution in [3.63, 3.8) is 0 Å². The smallest absolute Gasteiger partial charge is 0.220 e. The molecule has 108 valence electrons. The molecule has 4 N–H and O–H groups in total. The molecule has 0 aromatic rings. The van der Waals surface area contributed by atoms with Gasteiger partial charge in [0.05, 0.1) is 0 Å². The molecule has 0 spiro atoms. The molecule has 0 aromatic heterocycles. The fourth-order valence-electron chi connectivity index (χ4n) is 1.96. The van der Waals surface area contributed by atoms with Crippen LogP contribution in [0.15, 0.2) is 0 Å². The molecule has 0 aliphatic carbocycles. The van der Waals surface area contributed by atoms with E-state index in [0.29, 0.717) is 25.4 Å². The number of carbonyl (C=O) groups is 1. The van der Waals surface area contributed by atoms with Gasteiger partial charge in [-0.1, -0.05) is 27.7 Å². The summed E-state index contributed by atoms with van der Waals surface area (Å²) in [4.78, 5) is 11.7. The van der Waals surface area contributed by atoms with Crippen LogP contribution in [0.5, 0.6) is 0 Å². The van der Waals surface area contributed by atoms with Crippen molar-refractivity contribution >= 4 is 5.91 Å². The zero-order chi connectivity index (χ0) is 14.2. The van der Waals surface area contributed by atoms with Crippen LogP contribution >= 0.6 is 0 Å². The van der Waals surface area contributed by atoms with Gasteiger partial charge < -0.3 is 16.2 Å². The van der Waals surface area contributed by atoms with E-state index < -0.39 is 0 Å². The van der Waals surface area contributed by atoms with Crippen molar-refractivity contribution in [3.8, 4) is 0 Å². The molecule has 0 heterocycles. The van der Waals surface area contributed by atoms with Gasteiger partial charge in [0.2, 0.25) is 5.91 Å². The van der Waals surface area contributed by atoms with E-state index in [9.17, 15) is 4.79 Å². The molecule has 1 amide bonds. The number of hydrogen-bond donors (Lipinski definition) is 3. The number of aliphatic hydroxyl groups is 1. The molecule has 0 fully saturated rings. The minimum Gasteiger partial charge on any atom is -0.396 e. The fourth-order valence-corrected chi connectivity index (χ4v) is 1.96. The maximum Gasteiger partial charge on any atom is 0.220 e. The van der Waals surface area contributed by atoms with Crippen molar-refractivity contribution in [2.45, 2.75) is 47.0 Å². The predicted molar refractivity (Wildman–Crippen MR) is 75.1 cm³/mol. The highest BCUT2D eigenvalue weighted by molar-refractivity contribution is 5.75. The van der Waals surface area contributed by atoms with Gasteiger partial charge in [-0.15, -0.1) is 0 Å². The summed E-state index contributed by atoms with van der Waals surface area (Å²) in [5.74, 6) is 0.668. The number of carbonyl (C=O) groups excluding carboxylic acids is 1. The van der Waals surface area contributed by atoms with Crippen LogP contribution in [0.1, 0.15) is 47.0 Å². The molecule has 0 bridgehead atoms. The first-order chi connectivity index (χ1) is 8.31. The van der Waals surface area contributed by atoms with Crippen LogP contribution in [0.3, 0.4) is 0 Å². The van der Waals surface area contributed by atoms with E-state index >= 15 is 0 Å². The Morgan fingerprint density at radius 3 is 2.39 bits per heavy atom. The number of rotatable bonds is 8. The van der Waals surface area contributed by atoms with E-state index in [2.05, 4.69) is 26.1 Å². The summed E-state index contributed by atoms with van der Waals surface area (Å²) in [6.45, 7) is 9.82. The summed E-state index contributed by atoms with van der Waals surface area (Å²) in [6.07, 6.45) is 2.38. The zero-order valence-electron chi connectivity index (χ0n) is 12.3. The van der Waals surface area contributed by atoms with Crippen LogP contribution in [0.2, 0.25) is 0 Å². The second kappa shape index (κ2) is 8.48. The number of aliphatic hydroxyl groups excluding tert-OH is 1. The molecule has 0 saturated carbocycles. The Kier molecular flexibility index (Phi) is 8.20. The average Bonchev–Trinajstić information content (AvgIpc) is 2.29. The van der Waals surface area contributed by atoms with E-state index in [1.165, 1.54) is 0 Å². The van der Waals surface area contributed by atoms with Crippen LogP contribution in [-0.2, 0) is 4.79 Å². The van der Waals surface area contributed by atoms with Gasteiger partial charge in [-0.3, -0.25) is 4.79 Å². The summed E-state index contributed by atoms with van der Waals surface area (Å²) in [5.41, 5.74) is 5.81. The Labute approximate surface area is 111 Å². The second-order valence-electron chi connectivity index (χ2n) is 6.27. The Hall–Kier alpha value is -0.610. The van der Waals surface area contributed by atoms with Gasteiger partial charge in [-0.25, -0.2) is 0 Å². The standard InChI is InChI=1S/C14H30N2O2/c1-11(10-17)9-16-13(18)6-5-12(7-8-15)14(2,3)4/h11-12,17H,5-10,15H2,1-4H3,(H,16,18). The summed E-state index contributed by atoms with van der Waals surface area (Å²) in [7, 11) is 0. The van der Waals surface area contributed by atoms with Gasteiger partial charge >= 0.3 is 0 Å². The van der Waals surface area contributed by atoms with E-state index in [-0.39, 0.29) is 23.8 Å². The summed E-state index contributed by atoms with van der Waals surface area (Å²) in [6, 6.07) is 0. The van der Waals surface area contributed by atoms with Gasteiger partial charge in [0.15, 0.2) is 0 Å². The Bertz CT molecular complexity index is 236. The van der Waals surface area contributed by atoms with Crippen LogP contribution in [-0.4, -0.2) is 30.7 Å². The van der Waals surface area contributed by atoms with Gasteiger partial charge in [0.1, 0.15) is 0 Å².